The number of carbonyl (C=O) groups excluding carboxylic acids is 3. The van der Waals surface area contributed by atoms with Crippen molar-refractivity contribution < 1.29 is 24.2 Å². The van der Waals surface area contributed by atoms with Crippen molar-refractivity contribution in [1.82, 2.24) is 4.90 Å². The van der Waals surface area contributed by atoms with Gasteiger partial charge in [0.15, 0.2) is 0 Å². The number of carbonyl (C=O) groups is 3. The van der Waals surface area contributed by atoms with Crippen molar-refractivity contribution in [3.05, 3.63) is 33.7 Å². The van der Waals surface area contributed by atoms with Gasteiger partial charge < -0.3 is 9.84 Å². The van der Waals surface area contributed by atoms with Crippen LogP contribution in [0, 0.1) is 0 Å². The number of nitrogens with zero attached hydrogens (tertiary/aromatic N) is 1. The summed E-state index contributed by atoms with van der Waals surface area (Å²) in [6.45, 7) is 16.8. The molecule has 1 fully saturated rings. The summed E-state index contributed by atoms with van der Waals surface area (Å²) in [5.74, 6) is -0.913. The van der Waals surface area contributed by atoms with E-state index in [1.165, 1.54) is 0 Å². The van der Waals surface area contributed by atoms with E-state index in [4.69, 9.17) is 4.74 Å². The van der Waals surface area contributed by atoms with Crippen LogP contribution in [0.3, 0.4) is 0 Å². The van der Waals surface area contributed by atoms with Crippen LogP contribution in [0.15, 0.2) is 17.0 Å². The molecule has 2 amide bonds. The van der Waals surface area contributed by atoms with Crippen molar-refractivity contribution >= 4 is 35.0 Å². The normalized spacial score (nSPS) is 16.9. The predicted molar refractivity (Wildman–Crippen MR) is 124 cm³/mol. The highest BCUT2D eigenvalue weighted by molar-refractivity contribution is 8.18. The molecule has 31 heavy (non-hydrogen) atoms. The topological polar surface area (TPSA) is 83.9 Å². The molecule has 0 atom stereocenters. The fourth-order valence-electron chi connectivity index (χ4n) is 3.17. The van der Waals surface area contributed by atoms with E-state index < -0.39 is 29.3 Å². The molecule has 6 nitrogen and oxygen atoms in total. The van der Waals surface area contributed by atoms with Crippen molar-refractivity contribution in [3.8, 4) is 5.75 Å². The molecule has 170 valence electrons. The summed E-state index contributed by atoms with van der Waals surface area (Å²) in [6, 6.07) is 3.68. The first-order valence-electron chi connectivity index (χ1n) is 10.3. The fraction of sp³-hybridized carbons (Fsp3) is 0.542. The standard InChI is InChI=1S/C24H33NO5S/c1-22(2,3)15-10-14(11-16(19(15)27)23(4,5)6)12-17-20(28)25(21(29)31-17)13-18(26)30-24(7,8)9/h10-12,27H,13H2,1-9H3. The predicted octanol–water partition coefficient (Wildman–Crippen LogP) is 5.37. The third-order valence-electron chi connectivity index (χ3n) is 4.63. The Morgan fingerprint density at radius 2 is 1.48 bits per heavy atom. The number of thioether (sulfide) groups is 1. The monoisotopic (exact) mass is 447 g/mol. The van der Waals surface area contributed by atoms with Gasteiger partial charge in [-0.05, 0) is 67.1 Å². The molecule has 0 saturated carbocycles. The summed E-state index contributed by atoms with van der Waals surface area (Å²) in [5, 5.41) is 10.4. The lowest BCUT2D eigenvalue weighted by Crippen LogP contribution is -2.37. The first-order chi connectivity index (χ1) is 13.9. The van der Waals surface area contributed by atoms with Gasteiger partial charge in [-0.3, -0.25) is 19.3 Å². The Labute approximate surface area is 189 Å². The molecule has 1 aliphatic rings. The Bertz CT molecular complexity index is 907. The number of esters is 1. The number of ether oxygens (including phenoxy) is 1. The summed E-state index contributed by atoms with van der Waals surface area (Å²) >= 11 is 0.796. The second kappa shape index (κ2) is 8.34. The molecule has 1 heterocycles. The van der Waals surface area contributed by atoms with E-state index in [0.29, 0.717) is 0 Å². The first kappa shape index (κ1) is 25.0. The largest absolute Gasteiger partial charge is 0.507 e. The molecule has 1 aromatic rings. The second-order valence-electron chi connectivity index (χ2n) is 10.8. The van der Waals surface area contributed by atoms with Crippen LogP contribution in [-0.4, -0.2) is 39.3 Å². The Kier molecular flexibility index (Phi) is 6.72. The maximum absolute atomic E-state index is 12.8. The lowest BCUT2D eigenvalue weighted by Gasteiger charge is -2.28. The van der Waals surface area contributed by atoms with Crippen molar-refractivity contribution in [3.63, 3.8) is 0 Å². The van der Waals surface area contributed by atoms with Gasteiger partial charge in [0.2, 0.25) is 0 Å². The third kappa shape index (κ3) is 6.12. The van der Waals surface area contributed by atoms with E-state index in [1.807, 2.05) is 53.7 Å². The molecule has 0 unspecified atom stereocenters. The van der Waals surface area contributed by atoms with E-state index in [9.17, 15) is 19.5 Å². The molecular formula is C24H33NO5S. The van der Waals surface area contributed by atoms with Crippen LogP contribution in [-0.2, 0) is 25.2 Å². The van der Waals surface area contributed by atoms with Crippen LogP contribution in [0.2, 0.25) is 0 Å². The number of rotatable bonds is 3. The highest BCUT2D eigenvalue weighted by Crippen LogP contribution is 2.41. The average molecular weight is 448 g/mol. The van der Waals surface area contributed by atoms with Crippen LogP contribution in [0.4, 0.5) is 4.79 Å². The zero-order valence-corrected chi connectivity index (χ0v) is 20.7. The summed E-state index contributed by atoms with van der Waals surface area (Å²) in [5.41, 5.74) is 0.912. The third-order valence-corrected chi connectivity index (χ3v) is 5.53. The summed E-state index contributed by atoms with van der Waals surface area (Å²) in [6.07, 6.45) is 1.64. The SMILES string of the molecule is CC(C)(C)OC(=O)CN1C(=O)SC(=Cc2cc(C(C)(C)C)c(O)c(C(C)(C)C)c2)C1=O. The van der Waals surface area contributed by atoms with E-state index >= 15 is 0 Å². The maximum atomic E-state index is 12.8. The number of phenolic OH excluding ortho intramolecular Hbond substituents is 1. The summed E-state index contributed by atoms with van der Waals surface area (Å²) < 4.78 is 5.23. The number of hydrogen-bond donors (Lipinski definition) is 1. The van der Waals surface area contributed by atoms with Crippen LogP contribution in [0.1, 0.15) is 79.0 Å². The molecule has 0 spiro atoms. The number of imide groups is 1. The smallest absolute Gasteiger partial charge is 0.326 e. The molecule has 1 aliphatic heterocycles. The van der Waals surface area contributed by atoms with E-state index in [-0.39, 0.29) is 21.5 Å². The number of phenols is 1. The van der Waals surface area contributed by atoms with Gasteiger partial charge in [0, 0.05) is 11.1 Å². The Morgan fingerprint density at radius 3 is 1.90 bits per heavy atom. The van der Waals surface area contributed by atoms with Gasteiger partial charge in [0.1, 0.15) is 17.9 Å². The molecule has 1 aromatic carbocycles. The minimum atomic E-state index is -0.701. The molecule has 2 rings (SSSR count). The minimum absolute atomic E-state index is 0.235. The molecule has 1 saturated heterocycles. The number of aromatic hydroxyl groups is 1. The van der Waals surface area contributed by atoms with E-state index in [0.717, 1.165) is 33.4 Å². The molecular weight excluding hydrogens is 414 g/mol. The van der Waals surface area contributed by atoms with Gasteiger partial charge in [0.25, 0.3) is 11.1 Å². The van der Waals surface area contributed by atoms with Gasteiger partial charge in [-0.2, -0.15) is 0 Å². The molecule has 0 aromatic heterocycles. The Balaban J connectivity index is 2.42. The Hall–Kier alpha value is -2.28. The first-order valence-corrected chi connectivity index (χ1v) is 11.1. The summed E-state index contributed by atoms with van der Waals surface area (Å²) in [7, 11) is 0. The second-order valence-corrected chi connectivity index (χ2v) is 11.8. The quantitative estimate of drug-likeness (QED) is 0.496. The molecule has 1 N–H and O–H groups in total. The molecule has 0 bridgehead atoms. The fourth-order valence-corrected chi connectivity index (χ4v) is 4.01. The van der Waals surface area contributed by atoms with Crippen molar-refractivity contribution in [2.75, 3.05) is 6.54 Å². The van der Waals surface area contributed by atoms with Crippen LogP contribution < -0.4 is 0 Å². The van der Waals surface area contributed by atoms with Crippen molar-refractivity contribution in [2.24, 2.45) is 0 Å². The van der Waals surface area contributed by atoms with Gasteiger partial charge in [-0.25, -0.2) is 0 Å². The van der Waals surface area contributed by atoms with Crippen LogP contribution >= 0.6 is 11.8 Å². The number of hydrogen-bond acceptors (Lipinski definition) is 6. The Morgan fingerprint density at radius 1 is 1.00 bits per heavy atom. The van der Waals surface area contributed by atoms with Crippen molar-refractivity contribution in [2.45, 2.75) is 78.7 Å². The van der Waals surface area contributed by atoms with Gasteiger partial charge in [-0.15, -0.1) is 0 Å². The lowest BCUT2D eigenvalue weighted by molar-refractivity contribution is -0.156. The van der Waals surface area contributed by atoms with E-state index in [2.05, 4.69) is 0 Å². The minimum Gasteiger partial charge on any atom is -0.507 e. The van der Waals surface area contributed by atoms with Crippen LogP contribution in [0.5, 0.6) is 5.75 Å². The van der Waals surface area contributed by atoms with Gasteiger partial charge >= 0.3 is 5.97 Å². The number of benzene rings is 1. The van der Waals surface area contributed by atoms with Gasteiger partial charge in [-0.1, -0.05) is 41.5 Å². The van der Waals surface area contributed by atoms with Crippen molar-refractivity contribution in [1.29, 1.82) is 0 Å². The molecule has 0 radical (unpaired) electrons. The zero-order valence-electron chi connectivity index (χ0n) is 19.9. The van der Waals surface area contributed by atoms with E-state index in [1.54, 1.807) is 26.8 Å². The molecule has 7 heteroatoms. The van der Waals surface area contributed by atoms with Crippen LogP contribution in [0.25, 0.3) is 6.08 Å². The zero-order chi connectivity index (χ0) is 23.9. The highest BCUT2D eigenvalue weighted by Gasteiger charge is 2.37. The average Bonchev–Trinajstić information content (AvgIpc) is 2.80. The maximum Gasteiger partial charge on any atom is 0.326 e. The summed E-state index contributed by atoms with van der Waals surface area (Å²) in [4.78, 5) is 38.4. The lowest BCUT2D eigenvalue weighted by atomic mass is 9.78. The number of amides is 2. The van der Waals surface area contributed by atoms with Gasteiger partial charge in [0.05, 0.1) is 4.91 Å². The highest BCUT2D eigenvalue weighted by atomic mass is 32.2. The molecule has 0 aliphatic carbocycles.